The summed E-state index contributed by atoms with van der Waals surface area (Å²) in [7, 11) is 0. The van der Waals surface area contributed by atoms with E-state index in [-0.39, 0.29) is 0 Å². The minimum absolute atomic E-state index is 0.622. The second kappa shape index (κ2) is 21.7. The van der Waals surface area contributed by atoms with Gasteiger partial charge in [0.25, 0.3) is 0 Å². The molecule has 0 saturated carbocycles. The zero-order valence-electron chi connectivity index (χ0n) is 45.8. The molecule has 0 fully saturated rings. The molecule has 0 heteroatoms. The normalized spacial score (nSPS) is 14.1. The molecule has 0 amide bonds. The van der Waals surface area contributed by atoms with Gasteiger partial charge >= 0.3 is 0 Å². The van der Waals surface area contributed by atoms with Crippen LogP contribution in [0, 0.1) is 20.8 Å². The summed E-state index contributed by atoms with van der Waals surface area (Å²) in [5.41, 5.74) is 22.6. The van der Waals surface area contributed by atoms with Crippen molar-refractivity contribution in [2.24, 2.45) is 0 Å². The quantitative estimate of drug-likeness (QED) is 0.0953. The van der Waals surface area contributed by atoms with Gasteiger partial charge in [0.1, 0.15) is 0 Å². The highest BCUT2D eigenvalue weighted by atomic mass is 14.6. The molecule has 0 heterocycles. The minimum atomic E-state index is -0.773. The van der Waals surface area contributed by atoms with Gasteiger partial charge in [-0.25, -0.2) is 0 Å². The molecule has 0 radical (unpaired) electrons. The molecule has 0 saturated heterocycles. The Labute approximate surface area is 468 Å². The fraction of sp³-hybridized carbons (Fsp3) is 0.114. The Balaban J connectivity index is 1.05. The molecule has 0 bridgehead atoms. The summed E-state index contributed by atoms with van der Waals surface area (Å²) in [6.45, 7) is 8.75. The lowest BCUT2D eigenvalue weighted by atomic mass is 9.47. The van der Waals surface area contributed by atoms with Crippen LogP contribution in [-0.4, -0.2) is 0 Å². The summed E-state index contributed by atoms with van der Waals surface area (Å²) in [5.74, 6) is 0. The highest BCUT2D eigenvalue weighted by Gasteiger charge is 2.57. The zero-order chi connectivity index (χ0) is 53.8. The van der Waals surface area contributed by atoms with Gasteiger partial charge in [0.2, 0.25) is 0 Å². The van der Waals surface area contributed by atoms with Gasteiger partial charge in [-0.05, 0) is 130 Å². The highest BCUT2D eigenvalue weighted by Crippen LogP contribution is 2.60. The van der Waals surface area contributed by atoms with Crippen molar-refractivity contribution in [3.05, 3.63) is 387 Å². The first-order chi connectivity index (χ1) is 38.8. The van der Waals surface area contributed by atoms with Gasteiger partial charge in [0.05, 0.1) is 16.2 Å². The van der Waals surface area contributed by atoms with Gasteiger partial charge in [0.15, 0.2) is 0 Å². The lowest BCUT2D eigenvalue weighted by Crippen LogP contribution is -2.52. The van der Waals surface area contributed by atoms with E-state index in [1.54, 1.807) is 0 Å². The molecule has 1 aliphatic rings. The van der Waals surface area contributed by atoms with Gasteiger partial charge in [0, 0.05) is 0 Å². The second-order valence-electron chi connectivity index (χ2n) is 21.8. The van der Waals surface area contributed by atoms with Gasteiger partial charge in [-0.15, -0.1) is 0 Å². The van der Waals surface area contributed by atoms with Crippen LogP contribution in [-0.2, 0) is 16.2 Å². The van der Waals surface area contributed by atoms with E-state index < -0.39 is 16.2 Å². The van der Waals surface area contributed by atoms with E-state index in [1.165, 1.54) is 100 Å². The van der Waals surface area contributed by atoms with Crippen LogP contribution in [0.1, 0.15) is 97.7 Å². The predicted molar refractivity (Wildman–Crippen MR) is 333 cm³/mol. The van der Waals surface area contributed by atoms with E-state index in [1.807, 2.05) is 0 Å². The van der Waals surface area contributed by atoms with Crippen molar-refractivity contribution in [1.82, 2.24) is 0 Å². The number of aryl methyl sites for hydroxylation is 3. The molecule has 2 unspecified atom stereocenters. The molecule has 1 aliphatic carbocycles. The first-order valence-corrected chi connectivity index (χ1v) is 28.0. The van der Waals surface area contributed by atoms with Crippen molar-refractivity contribution in [2.75, 3.05) is 0 Å². The monoisotopic (exact) mass is 1010 g/mol. The Morgan fingerprint density at radius 1 is 0.215 bits per heavy atom. The lowest BCUT2D eigenvalue weighted by molar-refractivity contribution is 0.419. The molecule has 11 aromatic rings. The van der Waals surface area contributed by atoms with Crippen LogP contribution >= 0.6 is 0 Å². The molecule has 12 rings (SSSR count). The predicted octanol–water partition coefficient (Wildman–Crippen LogP) is 19.8. The molecule has 382 valence electrons. The maximum atomic E-state index is 2.41. The van der Waals surface area contributed by atoms with Crippen molar-refractivity contribution in [2.45, 2.75) is 56.8 Å². The average Bonchev–Trinajstić information content (AvgIpc) is 3.37. The number of allylic oxidation sites excluding steroid dienone is 4. The summed E-state index contributed by atoms with van der Waals surface area (Å²) >= 11 is 0. The van der Waals surface area contributed by atoms with Gasteiger partial charge in [-0.1, -0.05) is 326 Å². The van der Waals surface area contributed by atoms with E-state index in [2.05, 4.69) is 331 Å². The first-order valence-electron chi connectivity index (χ1n) is 28.0. The van der Waals surface area contributed by atoms with Crippen molar-refractivity contribution < 1.29 is 0 Å². The summed E-state index contributed by atoms with van der Waals surface area (Å²) in [4.78, 5) is 0. The van der Waals surface area contributed by atoms with Crippen molar-refractivity contribution in [3.63, 3.8) is 0 Å². The third-order valence-corrected chi connectivity index (χ3v) is 17.1. The van der Waals surface area contributed by atoms with E-state index in [0.29, 0.717) is 0 Å². The highest BCUT2D eigenvalue weighted by molar-refractivity contribution is 5.74. The molecule has 0 spiro atoms. The molecule has 79 heavy (non-hydrogen) atoms. The lowest BCUT2D eigenvalue weighted by Gasteiger charge is -2.53. The number of rotatable bonds is 14. The van der Waals surface area contributed by atoms with E-state index in [9.17, 15) is 0 Å². The molecule has 2 atom stereocenters. The minimum Gasteiger partial charge on any atom is -0.0730 e. The van der Waals surface area contributed by atoms with E-state index >= 15 is 0 Å². The van der Waals surface area contributed by atoms with Crippen LogP contribution < -0.4 is 0 Å². The SMILES string of the molecule is CC1=CC=C(c2ccc(C(c3ccccc3)(c3ccc(-c4ccc(C)cc4)cc3)c3ccc(-c4ccc(C(c5ccccc5)(c5ccc(C)cc5)C(c5ccccc5)(c5ccccc5)c5ccc(C)cc5)cc4)cc3)cc2)CC1. The Kier molecular flexibility index (Phi) is 13.9. The van der Waals surface area contributed by atoms with E-state index in [0.717, 1.165) is 24.0 Å². The van der Waals surface area contributed by atoms with Crippen LogP contribution in [0.4, 0.5) is 0 Å². The first kappa shape index (κ1) is 50.7. The van der Waals surface area contributed by atoms with Crippen LogP contribution in [0.3, 0.4) is 0 Å². The zero-order valence-corrected chi connectivity index (χ0v) is 45.8. The van der Waals surface area contributed by atoms with Gasteiger partial charge in [-0.3, -0.25) is 0 Å². The molecule has 0 nitrogen and oxygen atoms in total. The number of benzene rings is 11. The Morgan fingerprint density at radius 2 is 0.456 bits per heavy atom. The second-order valence-corrected chi connectivity index (χ2v) is 21.8. The fourth-order valence-electron chi connectivity index (χ4n) is 13.1. The van der Waals surface area contributed by atoms with Crippen LogP contribution in [0.15, 0.2) is 309 Å². The van der Waals surface area contributed by atoms with Crippen molar-refractivity contribution in [3.8, 4) is 22.3 Å². The molecule has 11 aromatic carbocycles. The molecular formula is C79H66. The number of hydrogen-bond acceptors (Lipinski definition) is 0. The Bertz CT molecular complexity index is 3830. The Morgan fingerprint density at radius 3 is 0.772 bits per heavy atom. The smallest absolute Gasteiger partial charge is 0.0701 e. The maximum absolute atomic E-state index is 2.41. The van der Waals surface area contributed by atoms with Crippen LogP contribution in [0.25, 0.3) is 27.8 Å². The van der Waals surface area contributed by atoms with Crippen LogP contribution in [0.2, 0.25) is 0 Å². The largest absolute Gasteiger partial charge is 0.0730 e. The summed E-state index contributed by atoms with van der Waals surface area (Å²) in [5, 5.41) is 0. The van der Waals surface area contributed by atoms with E-state index in [4.69, 9.17) is 0 Å². The summed E-state index contributed by atoms with van der Waals surface area (Å²) < 4.78 is 0. The maximum Gasteiger partial charge on any atom is 0.0701 e. The Hall–Kier alpha value is -9.10. The molecular weight excluding hydrogens is 949 g/mol. The third-order valence-electron chi connectivity index (χ3n) is 17.1. The van der Waals surface area contributed by atoms with Gasteiger partial charge < -0.3 is 0 Å². The molecule has 0 aromatic heterocycles. The summed E-state index contributed by atoms with van der Waals surface area (Å²) in [6.07, 6.45) is 6.75. The standard InChI is InChI=1S/C79H66/c1-57-25-33-61(34-26-57)63-37-49-68(50-38-63)77(67-17-9-5-10-18-67,69-51-39-64(40-52-69)62-35-27-58(2)28-36-62)70-53-41-65(42-54-70)66-43-55-76(56-44-66)79(73-23-15-8-16-24-73,75-47-31-60(4)32-48-75)78(71-19-11-6-12-20-71,72-21-13-7-14-22-72)74-45-29-59(3)30-46-74/h5-27,29-35,37-56H,28,36H2,1-4H3. The van der Waals surface area contributed by atoms with Crippen molar-refractivity contribution in [1.29, 1.82) is 0 Å². The number of hydrogen-bond donors (Lipinski definition) is 0. The van der Waals surface area contributed by atoms with Crippen LogP contribution in [0.5, 0.6) is 0 Å². The summed E-state index contributed by atoms with van der Waals surface area (Å²) in [6, 6.07) is 110. The van der Waals surface area contributed by atoms with Gasteiger partial charge in [-0.2, -0.15) is 0 Å². The topological polar surface area (TPSA) is 0 Å². The average molecular weight is 1020 g/mol. The molecule has 0 aliphatic heterocycles. The fourth-order valence-corrected chi connectivity index (χ4v) is 13.1. The third kappa shape index (κ3) is 9.12. The molecule has 0 N–H and O–H groups in total. The van der Waals surface area contributed by atoms with Crippen molar-refractivity contribution >= 4 is 5.57 Å².